The molecule has 7 nitrogen and oxygen atoms in total. The van der Waals surface area contributed by atoms with E-state index in [9.17, 15) is 14.9 Å². The summed E-state index contributed by atoms with van der Waals surface area (Å²) in [6.45, 7) is 7.49. The summed E-state index contributed by atoms with van der Waals surface area (Å²) in [5.41, 5.74) is 12.3. The van der Waals surface area contributed by atoms with Gasteiger partial charge in [0, 0.05) is 53.6 Å². The monoisotopic (exact) mass is 560 g/mol. The van der Waals surface area contributed by atoms with Crippen LogP contribution in [0.4, 0.5) is 0 Å². The van der Waals surface area contributed by atoms with Crippen molar-refractivity contribution < 1.29 is 14.3 Å². The number of hydrogen-bond acceptors (Lipinski definition) is 4. The third-order valence-corrected chi connectivity index (χ3v) is 10.6. The van der Waals surface area contributed by atoms with E-state index in [1.807, 2.05) is 30.0 Å². The highest BCUT2D eigenvalue weighted by molar-refractivity contribution is 6.75. The summed E-state index contributed by atoms with van der Waals surface area (Å²) in [5, 5.41) is 10.8. The van der Waals surface area contributed by atoms with Gasteiger partial charge in [-0.25, -0.2) is 5.26 Å². The van der Waals surface area contributed by atoms with Gasteiger partial charge >= 0.3 is 6.71 Å². The summed E-state index contributed by atoms with van der Waals surface area (Å²) in [5.74, 6) is 3.36. The van der Waals surface area contributed by atoms with Crippen LogP contribution >= 0.6 is 0 Å². The first-order valence-corrected chi connectivity index (χ1v) is 15.3. The lowest BCUT2D eigenvalue weighted by Crippen LogP contribution is -2.49. The van der Waals surface area contributed by atoms with Gasteiger partial charge < -0.3 is 19.9 Å². The smallest absolute Gasteiger partial charge is 0.301 e. The van der Waals surface area contributed by atoms with E-state index in [4.69, 9.17) is 10.5 Å². The molecule has 3 atom stereocenters. The molecule has 0 spiro atoms. The van der Waals surface area contributed by atoms with Crippen molar-refractivity contribution in [2.24, 2.45) is 11.1 Å². The molecular weight excluding hydrogens is 523 g/mol. The van der Waals surface area contributed by atoms with Crippen molar-refractivity contribution in [3.05, 3.63) is 65.1 Å². The number of benzene rings is 2. The number of fused-ring (bicyclic) bond motifs is 7. The summed E-state index contributed by atoms with van der Waals surface area (Å²) < 4.78 is 8.03. The number of ether oxygens (including phenoxy) is 1. The number of amides is 2. The summed E-state index contributed by atoms with van der Waals surface area (Å²) in [7, 11) is 1.69. The second kappa shape index (κ2) is 9.79. The third-order valence-electron chi connectivity index (χ3n) is 10.6. The van der Waals surface area contributed by atoms with Crippen molar-refractivity contribution in [1.29, 1.82) is 5.26 Å². The first-order chi connectivity index (χ1) is 20.3. The zero-order valence-electron chi connectivity index (χ0n) is 24.5. The zero-order valence-corrected chi connectivity index (χ0v) is 24.5. The van der Waals surface area contributed by atoms with Gasteiger partial charge in [0.05, 0.1) is 18.2 Å². The van der Waals surface area contributed by atoms with Crippen LogP contribution in [0.2, 0.25) is 5.82 Å². The van der Waals surface area contributed by atoms with Crippen molar-refractivity contribution in [2.45, 2.75) is 69.6 Å². The lowest BCUT2D eigenvalue weighted by Gasteiger charge is -2.36. The number of rotatable bonds is 4. The van der Waals surface area contributed by atoms with Crippen LogP contribution in [0.5, 0.6) is 5.75 Å². The fourth-order valence-corrected chi connectivity index (χ4v) is 8.39. The number of hydrogen-bond donors (Lipinski definition) is 1. The van der Waals surface area contributed by atoms with Gasteiger partial charge in [-0.3, -0.25) is 9.59 Å². The second-order valence-corrected chi connectivity index (χ2v) is 13.1. The molecule has 2 amide bonds. The van der Waals surface area contributed by atoms with Crippen molar-refractivity contribution >= 4 is 29.4 Å². The van der Waals surface area contributed by atoms with Gasteiger partial charge in [-0.1, -0.05) is 37.7 Å². The Morgan fingerprint density at radius 3 is 2.64 bits per heavy atom. The molecule has 2 aliphatic heterocycles. The highest BCUT2D eigenvalue weighted by Gasteiger charge is 2.64. The number of carbonyl (C=O) groups is 2. The van der Waals surface area contributed by atoms with Gasteiger partial charge in [0.15, 0.2) is 0 Å². The van der Waals surface area contributed by atoms with Gasteiger partial charge in [-0.15, -0.1) is 6.58 Å². The summed E-state index contributed by atoms with van der Waals surface area (Å²) in [6, 6.07) is 12.2. The van der Waals surface area contributed by atoms with Crippen LogP contribution in [0, 0.1) is 16.6 Å². The number of carbonyl (C=O) groups excluding carboxylic acids is 2. The number of nitrogens with two attached hydrogens (primary N) is 1. The Balaban J connectivity index is 1.44. The second-order valence-electron chi connectivity index (χ2n) is 13.1. The first kappa shape index (κ1) is 26.9. The molecule has 2 aliphatic carbocycles. The molecule has 0 radical (unpaired) electrons. The van der Waals surface area contributed by atoms with Crippen molar-refractivity contribution in [2.75, 3.05) is 20.2 Å². The minimum Gasteiger partial charge on any atom is -0.497 e. The molecule has 3 unspecified atom stereocenters. The Kier molecular flexibility index (Phi) is 6.27. The number of methoxy groups -OCH3 is 1. The van der Waals surface area contributed by atoms with Crippen LogP contribution in [-0.2, 0) is 11.3 Å². The Morgan fingerprint density at radius 2 is 1.95 bits per heavy atom. The molecule has 4 aliphatic rings. The normalized spacial score (nSPS) is 25.2. The zero-order chi connectivity index (χ0) is 29.3. The lowest BCUT2D eigenvalue weighted by molar-refractivity contribution is -0.137. The molecule has 1 saturated heterocycles. The van der Waals surface area contributed by atoms with Gasteiger partial charge in [0.25, 0.3) is 0 Å². The van der Waals surface area contributed by atoms with E-state index in [0.29, 0.717) is 31.1 Å². The van der Waals surface area contributed by atoms with Gasteiger partial charge in [0.2, 0.25) is 11.8 Å². The highest BCUT2D eigenvalue weighted by atomic mass is 16.5. The van der Waals surface area contributed by atoms with E-state index in [-0.39, 0.29) is 24.4 Å². The molecule has 2 N–H and O–H groups in total. The van der Waals surface area contributed by atoms with E-state index in [2.05, 4.69) is 35.3 Å². The fourth-order valence-electron chi connectivity index (χ4n) is 8.39. The van der Waals surface area contributed by atoms with Crippen LogP contribution in [0.25, 0.3) is 22.2 Å². The topological polar surface area (TPSA) is 101 Å². The van der Waals surface area contributed by atoms with E-state index in [0.717, 1.165) is 52.5 Å². The van der Waals surface area contributed by atoms with Crippen molar-refractivity contribution in [1.82, 2.24) is 9.47 Å². The number of primary amides is 1. The number of nitrogens with zero attached hydrogens (tertiary/aromatic N) is 3. The Labute approximate surface area is 247 Å². The SMILES string of the molecule is C=C1CN(C(=O)C23CC2c2cc(OC)ccc2-c2c(C4CCCCC4)c4ccc(C(N)=O)cc4n2C3)CC(C)B1C#N. The van der Waals surface area contributed by atoms with Crippen LogP contribution in [0.15, 0.2) is 48.4 Å². The fraction of sp³-hybridized carbons (Fsp3) is 0.441. The van der Waals surface area contributed by atoms with E-state index >= 15 is 0 Å². The van der Waals surface area contributed by atoms with Crippen molar-refractivity contribution in [3.8, 4) is 23.0 Å². The Morgan fingerprint density at radius 1 is 1.17 bits per heavy atom. The maximum atomic E-state index is 14.6. The van der Waals surface area contributed by atoms with Gasteiger partial charge in [-0.05, 0) is 72.5 Å². The van der Waals surface area contributed by atoms with Gasteiger partial charge in [0.1, 0.15) is 5.75 Å². The molecule has 3 fully saturated rings. The average Bonchev–Trinajstić information content (AvgIpc) is 3.66. The molecule has 1 aromatic heterocycles. The molecule has 0 bridgehead atoms. The molecule has 3 aromatic rings. The first-order valence-electron chi connectivity index (χ1n) is 15.3. The highest BCUT2D eigenvalue weighted by Crippen LogP contribution is 2.66. The molecule has 3 heterocycles. The van der Waals surface area contributed by atoms with Crippen LogP contribution < -0.4 is 10.5 Å². The minimum absolute atomic E-state index is 0.0333. The predicted octanol–water partition coefficient (Wildman–Crippen LogP) is 5.84. The molecule has 2 aromatic carbocycles. The lowest BCUT2D eigenvalue weighted by atomic mass is 9.37. The Bertz CT molecular complexity index is 1700. The van der Waals surface area contributed by atoms with E-state index in [1.54, 1.807) is 7.11 Å². The number of nitriles is 1. The Hall–Kier alpha value is -3.99. The van der Waals surface area contributed by atoms with Crippen LogP contribution in [-0.4, -0.2) is 48.2 Å². The number of aromatic nitrogens is 1. The third kappa shape index (κ3) is 3.93. The summed E-state index contributed by atoms with van der Waals surface area (Å²) in [4.78, 5) is 28.9. The van der Waals surface area contributed by atoms with Gasteiger partial charge in [-0.2, -0.15) is 0 Å². The minimum atomic E-state index is -0.621. The molecule has 2 saturated carbocycles. The molecule has 7 rings (SSSR count). The standard InChI is InChI=1S/C34H37BN4O3/c1-20-16-38(17-21(2)35(20)19-36)33(41)34-15-28(34)27-14-24(42-3)10-12-25(27)31-30(22-7-5-4-6-8-22)26-11-9-23(32(37)40)13-29(26)39(31)18-34/h9-14,21-22,28H,1,4-8,15-18H2,2-3H3,(H2,37,40). The van der Waals surface area contributed by atoms with Crippen LogP contribution in [0.3, 0.4) is 0 Å². The van der Waals surface area contributed by atoms with E-state index in [1.165, 1.54) is 30.5 Å². The quantitative estimate of drug-likeness (QED) is 0.406. The molecule has 42 heavy (non-hydrogen) atoms. The molecule has 8 heteroatoms. The largest absolute Gasteiger partial charge is 0.497 e. The maximum absolute atomic E-state index is 14.6. The maximum Gasteiger partial charge on any atom is 0.301 e. The van der Waals surface area contributed by atoms with Crippen LogP contribution in [0.1, 0.15) is 78.8 Å². The van der Waals surface area contributed by atoms with E-state index < -0.39 is 11.3 Å². The predicted molar refractivity (Wildman–Crippen MR) is 165 cm³/mol. The average molecular weight is 561 g/mol. The summed E-state index contributed by atoms with van der Waals surface area (Å²) >= 11 is 0. The molecule has 214 valence electrons. The summed E-state index contributed by atoms with van der Waals surface area (Å²) in [6.07, 6.45) is 6.69. The molecular formula is C34H37BN4O3. The van der Waals surface area contributed by atoms with Crippen molar-refractivity contribution in [3.63, 3.8) is 0 Å².